The van der Waals surface area contributed by atoms with E-state index in [1.54, 1.807) is 18.2 Å². The molecule has 108 valence electrons. The molecule has 0 bridgehead atoms. The Morgan fingerprint density at radius 3 is 2.45 bits per heavy atom. The van der Waals surface area contributed by atoms with Crippen LogP contribution in [0.2, 0.25) is 5.15 Å². The Morgan fingerprint density at radius 1 is 1.20 bits per heavy atom. The molecule has 0 amide bonds. The van der Waals surface area contributed by atoms with Crippen molar-refractivity contribution >= 4 is 44.9 Å². The maximum Gasteiger partial charge on any atom is 0.202 e. The van der Waals surface area contributed by atoms with Gasteiger partial charge in [0, 0.05) is 6.54 Å². The molecule has 1 atom stereocenters. The Kier molecular flexibility index (Phi) is 4.49. The fourth-order valence-electron chi connectivity index (χ4n) is 2.19. The molecule has 0 unspecified atom stereocenters. The molecular formula is C12H13Cl2N3O2S. The maximum atomic E-state index is 12.5. The molecule has 0 saturated carbocycles. The van der Waals surface area contributed by atoms with Gasteiger partial charge < -0.3 is 5.32 Å². The molecule has 3 rings (SSSR count). The number of sulfone groups is 1. The van der Waals surface area contributed by atoms with Crippen LogP contribution in [0, 0.1) is 0 Å². The lowest BCUT2D eigenvalue weighted by atomic mass is 10.3. The molecule has 0 radical (unpaired) electrons. The fraction of sp³-hybridized carbons (Fsp3) is 0.333. The van der Waals surface area contributed by atoms with E-state index < -0.39 is 15.1 Å². The molecule has 1 saturated heterocycles. The highest BCUT2D eigenvalue weighted by atomic mass is 35.5. The summed E-state index contributed by atoms with van der Waals surface area (Å²) >= 11 is 5.99. The van der Waals surface area contributed by atoms with Gasteiger partial charge in [-0.25, -0.2) is 18.4 Å². The first-order valence-corrected chi connectivity index (χ1v) is 7.88. The quantitative estimate of drug-likeness (QED) is 0.907. The average molecular weight is 334 g/mol. The first-order valence-electron chi connectivity index (χ1n) is 5.96. The Bertz CT molecular complexity index is 731. The summed E-state index contributed by atoms with van der Waals surface area (Å²) in [4.78, 5) is 8.30. The minimum absolute atomic E-state index is 0. The van der Waals surface area contributed by atoms with Crippen molar-refractivity contribution in [2.24, 2.45) is 0 Å². The lowest BCUT2D eigenvalue weighted by Crippen LogP contribution is -2.25. The molecule has 5 nitrogen and oxygen atoms in total. The lowest BCUT2D eigenvalue weighted by Gasteiger charge is -2.11. The second-order valence-electron chi connectivity index (χ2n) is 4.47. The van der Waals surface area contributed by atoms with Crippen LogP contribution in [0.25, 0.3) is 11.0 Å². The summed E-state index contributed by atoms with van der Waals surface area (Å²) in [7, 11) is -3.53. The second kappa shape index (κ2) is 5.81. The molecule has 1 aliphatic rings. The molecule has 1 fully saturated rings. The summed E-state index contributed by atoms with van der Waals surface area (Å²) in [6.45, 7) is 1.13. The summed E-state index contributed by atoms with van der Waals surface area (Å²) in [6.07, 6.45) is 0.577. The molecule has 1 aliphatic heterocycles. The maximum absolute atomic E-state index is 12.5. The number of para-hydroxylation sites is 2. The molecular weight excluding hydrogens is 321 g/mol. The van der Waals surface area contributed by atoms with Crippen LogP contribution in [0.15, 0.2) is 29.3 Å². The van der Waals surface area contributed by atoms with Crippen molar-refractivity contribution in [2.45, 2.75) is 16.7 Å². The lowest BCUT2D eigenvalue weighted by molar-refractivity contribution is 0.579. The molecule has 2 aromatic rings. The van der Waals surface area contributed by atoms with E-state index >= 15 is 0 Å². The van der Waals surface area contributed by atoms with Gasteiger partial charge in [-0.15, -0.1) is 12.4 Å². The molecule has 8 heteroatoms. The van der Waals surface area contributed by atoms with Gasteiger partial charge in [-0.05, 0) is 25.1 Å². The van der Waals surface area contributed by atoms with E-state index in [0.29, 0.717) is 30.5 Å². The van der Waals surface area contributed by atoms with Gasteiger partial charge in [0.2, 0.25) is 9.84 Å². The van der Waals surface area contributed by atoms with Crippen molar-refractivity contribution in [2.75, 3.05) is 13.1 Å². The van der Waals surface area contributed by atoms with Crippen LogP contribution in [0.4, 0.5) is 0 Å². The summed E-state index contributed by atoms with van der Waals surface area (Å²) in [6, 6.07) is 7.08. The third-order valence-electron chi connectivity index (χ3n) is 3.22. The number of nitrogens with one attached hydrogen (secondary N) is 1. The number of aromatic nitrogens is 2. The first kappa shape index (κ1) is 15.4. The van der Waals surface area contributed by atoms with Gasteiger partial charge in [-0.3, -0.25) is 0 Å². The molecule has 0 aliphatic carbocycles. The number of benzene rings is 1. The average Bonchev–Trinajstić information content (AvgIpc) is 2.92. The third kappa shape index (κ3) is 2.61. The van der Waals surface area contributed by atoms with Crippen molar-refractivity contribution in [3.8, 4) is 0 Å². The summed E-state index contributed by atoms with van der Waals surface area (Å²) in [5.41, 5.74) is 1.13. The van der Waals surface area contributed by atoms with Gasteiger partial charge in [-0.2, -0.15) is 0 Å². The number of hydrogen-bond acceptors (Lipinski definition) is 5. The van der Waals surface area contributed by atoms with Crippen LogP contribution in [0.5, 0.6) is 0 Å². The van der Waals surface area contributed by atoms with Gasteiger partial charge >= 0.3 is 0 Å². The highest BCUT2D eigenvalue weighted by molar-refractivity contribution is 7.92. The van der Waals surface area contributed by atoms with Gasteiger partial charge in [0.25, 0.3) is 0 Å². The van der Waals surface area contributed by atoms with E-state index in [1.165, 1.54) is 0 Å². The SMILES string of the molecule is Cl.O=S(=O)(c1nc2ccccc2nc1Cl)[C@H]1CCNC1. The summed E-state index contributed by atoms with van der Waals surface area (Å²) in [5.74, 6) is 0. The minimum Gasteiger partial charge on any atom is -0.315 e. The molecule has 2 heterocycles. The zero-order valence-electron chi connectivity index (χ0n) is 10.4. The van der Waals surface area contributed by atoms with Crippen LogP contribution >= 0.6 is 24.0 Å². The molecule has 0 spiro atoms. The standard InChI is InChI=1S/C12H12ClN3O2S.ClH/c13-11-12(19(17,18)8-5-6-14-7-8)16-10-4-2-1-3-9(10)15-11;/h1-4,8,14H,5-7H2;1H/t8-;/m0./s1. The Balaban J connectivity index is 0.00000147. The van der Waals surface area contributed by atoms with Crippen molar-refractivity contribution in [3.05, 3.63) is 29.4 Å². The predicted molar refractivity (Wildman–Crippen MR) is 80.3 cm³/mol. The number of hydrogen-bond donors (Lipinski definition) is 1. The zero-order valence-corrected chi connectivity index (χ0v) is 12.8. The van der Waals surface area contributed by atoms with E-state index in [1.807, 2.05) is 6.07 Å². The van der Waals surface area contributed by atoms with Gasteiger partial charge in [-0.1, -0.05) is 23.7 Å². The smallest absolute Gasteiger partial charge is 0.202 e. The second-order valence-corrected chi connectivity index (χ2v) is 6.97. The normalized spacial score (nSPS) is 18.9. The molecule has 20 heavy (non-hydrogen) atoms. The Labute approximate surface area is 128 Å². The van der Waals surface area contributed by atoms with Crippen LogP contribution in [0.1, 0.15) is 6.42 Å². The van der Waals surface area contributed by atoms with Crippen LogP contribution in [0.3, 0.4) is 0 Å². The highest BCUT2D eigenvalue weighted by Gasteiger charge is 2.33. The minimum atomic E-state index is -3.53. The molecule has 1 N–H and O–H groups in total. The number of halogens is 2. The van der Waals surface area contributed by atoms with Crippen molar-refractivity contribution < 1.29 is 8.42 Å². The van der Waals surface area contributed by atoms with E-state index in [9.17, 15) is 8.42 Å². The van der Waals surface area contributed by atoms with Crippen LogP contribution < -0.4 is 5.32 Å². The third-order valence-corrected chi connectivity index (χ3v) is 5.70. The Hall–Kier alpha value is -0.950. The monoisotopic (exact) mass is 333 g/mol. The molecule has 1 aromatic carbocycles. The van der Waals surface area contributed by atoms with E-state index in [4.69, 9.17) is 11.6 Å². The number of rotatable bonds is 2. The topological polar surface area (TPSA) is 72.0 Å². The summed E-state index contributed by atoms with van der Waals surface area (Å²) < 4.78 is 24.9. The van der Waals surface area contributed by atoms with E-state index in [2.05, 4.69) is 15.3 Å². The van der Waals surface area contributed by atoms with Crippen LogP contribution in [-0.4, -0.2) is 36.7 Å². The van der Waals surface area contributed by atoms with Crippen molar-refractivity contribution in [3.63, 3.8) is 0 Å². The molecule has 1 aromatic heterocycles. The van der Waals surface area contributed by atoms with Crippen LogP contribution in [-0.2, 0) is 9.84 Å². The fourth-order valence-corrected chi connectivity index (χ4v) is 4.24. The first-order chi connectivity index (χ1) is 9.09. The van der Waals surface area contributed by atoms with Gasteiger partial charge in [0.05, 0.1) is 16.3 Å². The van der Waals surface area contributed by atoms with Crippen molar-refractivity contribution in [1.82, 2.24) is 15.3 Å². The van der Waals surface area contributed by atoms with E-state index in [-0.39, 0.29) is 22.6 Å². The number of fused-ring (bicyclic) bond motifs is 1. The van der Waals surface area contributed by atoms with E-state index in [0.717, 1.165) is 0 Å². The van der Waals surface area contributed by atoms with Gasteiger partial charge in [0.1, 0.15) is 0 Å². The van der Waals surface area contributed by atoms with Gasteiger partial charge in [0.15, 0.2) is 10.2 Å². The Morgan fingerprint density at radius 2 is 1.85 bits per heavy atom. The zero-order chi connectivity index (χ0) is 13.5. The number of nitrogens with zero attached hydrogens (tertiary/aromatic N) is 2. The largest absolute Gasteiger partial charge is 0.315 e. The van der Waals surface area contributed by atoms with Crippen molar-refractivity contribution in [1.29, 1.82) is 0 Å². The summed E-state index contributed by atoms with van der Waals surface area (Å²) in [5, 5.41) is 2.40. The highest BCUT2D eigenvalue weighted by Crippen LogP contribution is 2.26. The predicted octanol–water partition coefficient (Wildman–Crippen LogP) is 1.84.